The van der Waals surface area contributed by atoms with Crippen LogP contribution in [-0.4, -0.2) is 48.9 Å². The smallest absolute Gasteiger partial charge is 0.374 e. The lowest BCUT2D eigenvalue weighted by Crippen LogP contribution is -2.45. The molecular formula is C10H27O8PSi2. The maximum absolute atomic E-state index is 12.2. The van der Waals surface area contributed by atoms with E-state index in [2.05, 4.69) is 0 Å². The Labute approximate surface area is 129 Å². The number of rotatable bonds is 12. The molecular weight excluding hydrogens is 335 g/mol. The van der Waals surface area contributed by atoms with Crippen molar-refractivity contribution in [3.05, 3.63) is 0 Å². The maximum Gasteiger partial charge on any atom is 0.506 e. The normalized spacial score (nSPS) is 13.7. The second kappa shape index (κ2) is 9.51. The first-order valence-electron chi connectivity index (χ1n) is 6.96. The standard InChI is InChI=1S/C10H27O8PSi2/c1-7-13-20(5,14-8-2)17-19(11,12)18-21(6,15-9-3)16-10-4/h7-10H2,1-6H3,(H,11,12). The zero-order valence-corrected chi connectivity index (χ0v) is 16.5. The van der Waals surface area contributed by atoms with Crippen molar-refractivity contribution in [2.24, 2.45) is 0 Å². The van der Waals surface area contributed by atoms with Crippen molar-refractivity contribution in [3.8, 4) is 0 Å². The zero-order valence-electron chi connectivity index (χ0n) is 13.6. The highest BCUT2D eigenvalue weighted by molar-refractivity contribution is 7.50. The average molecular weight is 362 g/mol. The maximum atomic E-state index is 12.2. The summed E-state index contributed by atoms with van der Waals surface area (Å²) in [6, 6.07) is 0. The van der Waals surface area contributed by atoms with E-state index in [1.165, 1.54) is 13.1 Å². The van der Waals surface area contributed by atoms with Gasteiger partial charge in [-0.05, 0) is 27.7 Å². The second-order valence-electron chi connectivity index (χ2n) is 4.11. The third kappa shape index (κ3) is 8.55. The van der Waals surface area contributed by atoms with E-state index in [0.717, 1.165) is 0 Å². The molecule has 0 rings (SSSR count). The summed E-state index contributed by atoms with van der Waals surface area (Å²) in [5.41, 5.74) is 0. The van der Waals surface area contributed by atoms with E-state index in [1.807, 2.05) is 0 Å². The van der Waals surface area contributed by atoms with Crippen LogP contribution in [0.3, 0.4) is 0 Å². The SMILES string of the molecule is CCO[Si](C)(OCC)OP(=O)(O)O[Si](C)(OCC)OCC. The molecule has 21 heavy (non-hydrogen) atoms. The summed E-state index contributed by atoms with van der Waals surface area (Å²) in [7, 11) is -10.9. The third-order valence-corrected chi connectivity index (χ3v) is 9.94. The highest BCUT2D eigenvalue weighted by Gasteiger charge is 2.49. The van der Waals surface area contributed by atoms with Gasteiger partial charge in [0.1, 0.15) is 0 Å². The monoisotopic (exact) mass is 362 g/mol. The van der Waals surface area contributed by atoms with Gasteiger partial charge in [0.15, 0.2) is 0 Å². The van der Waals surface area contributed by atoms with E-state index >= 15 is 0 Å². The molecule has 0 fully saturated rings. The molecule has 0 amide bonds. The van der Waals surface area contributed by atoms with Crippen LogP contribution in [-0.2, 0) is 30.7 Å². The van der Waals surface area contributed by atoms with E-state index in [0.29, 0.717) is 26.4 Å². The number of hydrogen-bond donors (Lipinski definition) is 1. The Bertz CT molecular complexity index is 303. The average Bonchev–Trinajstić information content (AvgIpc) is 2.27. The van der Waals surface area contributed by atoms with Gasteiger partial charge in [-0.25, -0.2) is 4.57 Å². The van der Waals surface area contributed by atoms with E-state index in [9.17, 15) is 9.46 Å². The Morgan fingerprint density at radius 1 is 0.762 bits per heavy atom. The van der Waals surface area contributed by atoms with Crippen LogP contribution in [0.5, 0.6) is 0 Å². The molecule has 0 spiro atoms. The summed E-state index contributed by atoms with van der Waals surface area (Å²) in [6.07, 6.45) is 0. The van der Waals surface area contributed by atoms with Crippen LogP contribution in [0.1, 0.15) is 27.7 Å². The van der Waals surface area contributed by atoms with Gasteiger partial charge in [0.25, 0.3) is 0 Å². The lowest BCUT2D eigenvalue weighted by Gasteiger charge is -2.31. The highest BCUT2D eigenvalue weighted by Crippen LogP contribution is 2.49. The van der Waals surface area contributed by atoms with Crippen LogP contribution in [0, 0.1) is 0 Å². The molecule has 8 nitrogen and oxygen atoms in total. The molecule has 0 saturated heterocycles. The summed E-state index contributed by atoms with van der Waals surface area (Å²) in [6.45, 7) is 11.3. The molecule has 0 saturated carbocycles. The molecule has 0 radical (unpaired) electrons. The fourth-order valence-corrected chi connectivity index (χ4v) is 8.62. The van der Waals surface area contributed by atoms with E-state index in [4.69, 9.17) is 26.1 Å². The number of phosphoric acid groups is 1. The molecule has 11 heteroatoms. The molecule has 0 aliphatic carbocycles. The van der Waals surface area contributed by atoms with Crippen molar-refractivity contribution >= 4 is 25.4 Å². The minimum atomic E-state index is -4.43. The number of hydrogen-bond acceptors (Lipinski definition) is 7. The molecule has 0 unspecified atom stereocenters. The van der Waals surface area contributed by atoms with Gasteiger partial charge in [-0.3, -0.25) is 8.43 Å². The van der Waals surface area contributed by atoms with Gasteiger partial charge in [-0.1, -0.05) is 0 Å². The Balaban J connectivity index is 4.96. The summed E-state index contributed by atoms with van der Waals surface area (Å²) in [5.74, 6) is 0. The van der Waals surface area contributed by atoms with E-state index in [-0.39, 0.29) is 0 Å². The second-order valence-corrected chi connectivity index (χ2v) is 11.1. The van der Waals surface area contributed by atoms with Crippen molar-refractivity contribution in [2.45, 2.75) is 40.8 Å². The topological polar surface area (TPSA) is 92.7 Å². The minimum Gasteiger partial charge on any atom is -0.374 e. The lowest BCUT2D eigenvalue weighted by molar-refractivity contribution is 0.0837. The summed E-state index contributed by atoms with van der Waals surface area (Å²) < 4.78 is 43.9. The van der Waals surface area contributed by atoms with Gasteiger partial charge in [0.2, 0.25) is 0 Å². The van der Waals surface area contributed by atoms with Crippen molar-refractivity contribution in [1.29, 1.82) is 0 Å². The molecule has 0 aliphatic rings. The van der Waals surface area contributed by atoms with Crippen molar-refractivity contribution < 1.29 is 35.6 Å². The first kappa shape index (κ1) is 21.4. The molecule has 0 atom stereocenters. The molecule has 128 valence electrons. The minimum absolute atomic E-state index is 0.300. The van der Waals surface area contributed by atoms with Crippen molar-refractivity contribution in [2.75, 3.05) is 26.4 Å². The predicted molar refractivity (Wildman–Crippen MR) is 81.7 cm³/mol. The summed E-state index contributed by atoms with van der Waals surface area (Å²) in [4.78, 5) is 9.95. The third-order valence-electron chi connectivity index (χ3n) is 2.19. The van der Waals surface area contributed by atoms with Gasteiger partial charge >= 0.3 is 25.4 Å². The molecule has 0 aliphatic heterocycles. The fraction of sp³-hybridized carbons (Fsp3) is 1.00. The Hall–Kier alpha value is 0.384. The van der Waals surface area contributed by atoms with Gasteiger partial charge in [-0.2, -0.15) is 0 Å². The largest absolute Gasteiger partial charge is 0.506 e. The highest BCUT2D eigenvalue weighted by atomic mass is 31.2. The molecule has 0 aromatic heterocycles. The summed E-state index contributed by atoms with van der Waals surface area (Å²) in [5, 5.41) is 0. The van der Waals surface area contributed by atoms with Crippen molar-refractivity contribution in [1.82, 2.24) is 0 Å². The Morgan fingerprint density at radius 2 is 1.00 bits per heavy atom. The van der Waals surface area contributed by atoms with Crippen LogP contribution in [0.25, 0.3) is 0 Å². The van der Waals surface area contributed by atoms with Gasteiger partial charge in [-0.15, -0.1) is 0 Å². The van der Waals surface area contributed by atoms with Crippen LogP contribution in [0.15, 0.2) is 0 Å². The lowest BCUT2D eigenvalue weighted by atomic mass is 10.9. The van der Waals surface area contributed by atoms with Gasteiger partial charge in [0.05, 0.1) is 0 Å². The van der Waals surface area contributed by atoms with Crippen molar-refractivity contribution in [3.63, 3.8) is 0 Å². The Kier molecular flexibility index (Phi) is 9.68. The van der Waals surface area contributed by atoms with Crippen LogP contribution >= 0.6 is 7.82 Å². The van der Waals surface area contributed by atoms with Gasteiger partial charge in [0, 0.05) is 39.5 Å². The van der Waals surface area contributed by atoms with Crippen LogP contribution < -0.4 is 0 Å². The quantitative estimate of drug-likeness (QED) is 0.418. The zero-order chi connectivity index (χ0) is 16.6. The molecule has 0 aromatic carbocycles. The fourth-order valence-electron chi connectivity index (χ4n) is 1.68. The molecule has 0 heterocycles. The molecule has 0 aromatic rings. The van der Waals surface area contributed by atoms with Crippen LogP contribution in [0.4, 0.5) is 0 Å². The predicted octanol–water partition coefficient (Wildman–Crippen LogP) is 2.40. The molecule has 0 bridgehead atoms. The first-order valence-corrected chi connectivity index (χ1v) is 12.9. The Morgan fingerprint density at radius 3 is 1.19 bits per heavy atom. The van der Waals surface area contributed by atoms with E-state index in [1.54, 1.807) is 27.7 Å². The first-order chi connectivity index (χ1) is 9.66. The molecule has 1 N–H and O–H groups in total. The van der Waals surface area contributed by atoms with E-state index < -0.39 is 25.4 Å². The van der Waals surface area contributed by atoms with Crippen LogP contribution in [0.2, 0.25) is 13.1 Å². The van der Waals surface area contributed by atoms with Gasteiger partial charge < -0.3 is 22.6 Å². The summed E-state index contributed by atoms with van der Waals surface area (Å²) >= 11 is 0.